The van der Waals surface area contributed by atoms with Crippen molar-refractivity contribution in [1.29, 1.82) is 0 Å². The van der Waals surface area contributed by atoms with Crippen molar-refractivity contribution in [2.75, 3.05) is 7.11 Å². The minimum atomic E-state index is -0.435. The van der Waals surface area contributed by atoms with E-state index >= 15 is 0 Å². The van der Waals surface area contributed by atoms with Crippen molar-refractivity contribution >= 4 is 0 Å². The van der Waals surface area contributed by atoms with E-state index in [1.165, 1.54) is 13.2 Å². The predicted octanol–water partition coefficient (Wildman–Crippen LogP) is 2.11. The molecule has 14 heavy (non-hydrogen) atoms. The Kier molecular flexibility index (Phi) is 3.11. The molecule has 1 aromatic carbocycles. The van der Waals surface area contributed by atoms with Crippen molar-refractivity contribution in [3.05, 3.63) is 29.6 Å². The van der Waals surface area contributed by atoms with Crippen LogP contribution in [-0.2, 0) is 6.42 Å². The molecule has 0 fully saturated rings. The molecule has 0 radical (unpaired) electrons. The van der Waals surface area contributed by atoms with Gasteiger partial charge in [-0.05, 0) is 32.4 Å². The van der Waals surface area contributed by atoms with Gasteiger partial charge in [0.1, 0.15) is 11.6 Å². The zero-order chi connectivity index (χ0) is 10.8. The lowest BCUT2D eigenvalue weighted by atomic mass is 9.95. The minimum absolute atomic E-state index is 0.261. The van der Waals surface area contributed by atoms with Gasteiger partial charge in [-0.25, -0.2) is 4.39 Å². The van der Waals surface area contributed by atoms with Gasteiger partial charge in [0.2, 0.25) is 0 Å². The summed E-state index contributed by atoms with van der Waals surface area (Å²) in [4.78, 5) is 0. The van der Waals surface area contributed by atoms with E-state index in [0.29, 0.717) is 17.7 Å². The van der Waals surface area contributed by atoms with Crippen LogP contribution in [0.3, 0.4) is 0 Å². The molecular weight excluding hydrogens is 181 g/mol. The predicted molar refractivity (Wildman–Crippen MR) is 54.9 cm³/mol. The van der Waals surface area contributed by atoms with Crippen molar-refractivity contribution in [3.8, 4) is 5.75 Å². The van der Waals surface area contributed by atoms with E-state index in [1.807, 2.05) is 13.8 Å². The fourth-order valence-electron chi connectivity index (χ4n) is 1.36. The lowest BCUT2D eigenvalue weighted by Crippen LogP contribution is -2.34. The number of benzene rings is 1. The number of rotatable bonds is 3. The first kappa shape index (κ1) is 11.0. The van der Waals surface area contributed by atoms with Crippen LogP contribution in [0.5, 0.6) is 5.75 Å². The molecule has 0 aliphatic rings. The second kappa shape index (κ2) is 3.96. The van der Waals surface area contributed by atoms with E-state index in [-0.39, 0.29) is 5.82 Å². The molecule has 0 heterocycles. The molecular formula is C11H16FNO. The standard InChI is InChI=1S/C11H16FNO/c1-11(2,13)7-8-9(12)5-4-6-10(8)14-3/h4-6H,7,13H2,1-3H3. The van der Waals surface area contributed by atoms with E-state index in [4.69, 9.17) is 10.5 Å². The SMILES string of the molecule is COc1cccc(F)c1CC(C)(C)N. The molecule has 0 aliphatic heterocycles. The van der Waals surface area contributed by atoms with Crippen molar-refractivity contribution in [2.45, 2.75) is 25.8 Å². The highest BCUT2D eigenvalue weighted by atomic mass is 19.1. The summed E-state index contributed by atoms with van der Waals surface area (Å²) in [6, 6.07) is 4.79. The van der Waals surface area contributed by atoms with Crippen LogP contribution in [0.4, 0.5) is 4.39 Å². The summed E-state index contributed by atoms with van der Waals surface area (Å²) in [5, 5.41) is 0. The minimum Gasteiger partial charge on any atom is -0.496 e. The Morgan fingerprint density at radius 1 is 1.43 bits per heavy atom. The number of methoxy groups -OCH3 is 1. The van der Waals surface area contributed by atoms with Crippen LogP contribution in [-0.4, -0.2) is 12.6 Å². The summed E-state index contributed by atoms with van der Waals surface area (Å²) >= 11 is 0. The van der Waals surface area contributed by atoms with Crippen molar-refractivity contribution in [2.24, 2.45) is 5.73 Å². The lowest BCUT2D eigenvalue weighted by Gasteiger charge is -2.20. The molecule has 0 atom stereocenters. The Morgan fingerprint density at radius 3 is 2.57 bits per heavy atom. The van der Waals surface area contributed by atoms with Crippen LogP contribution in [0.25, 0.3) is 0 Å². The second-order valence-electron chi connectivity index (χ2n) is 4.09. The maximum Gasteiger partial charge on any atom is 0.130 e. The quantitative estimate of drug-likeness (QED) is 0.805. The largest absolute Gasteiger partial charge is 0.496 e. The van der Waals surface area contributed by atoms with Gasteiger partial charge in [-0.2, -0.15) is 0 Å². The highest BCUT2D eigenvalue weighted by Crippen LogP contribution is 2.24. The Morgan fingerprint density at radius 2 is 2.07 bits per heavy atom. The zero-order valence-electron chi connectivity index (χ0n) is 8.80. The highest BCUT2D eigenvalue weighted by molar-refractivity contribution is 5.35. The first-order chi connectivity index (χ1) is 6.44. The van der Waals surface area contributed by atoms with Gasteiger partial charge in [0.25, 0.3) is 0 Å². The van der Waals surface area contributed by atoms with Gasteiger partial charge in [0.15, 0.2) is 0 Å². The van der Waals surface area contributed by atoms with Gasteiger partial charge in [0, 0.05) is 11.1 Å². The third kappa shape index (κ3) is 2.70. The molecule has 1 aromatic rings. The van der Waals surface area contributed by atoms with E-state index < -0.39 is 5.54 Å². The monoisotopic (exact) mass is 197 g/mol. The average molecular weight is 197 g/mol. The molecule has 0 aliphatic carbocycles. The summed E-state index contributed by atoms with van der Waals surface area (Å²) in [6.07, 6.45) is 0.461. The van der Waals surface area contributed by atoms with E-state index in [2.05, 4.69) is 0 Å². The molecule has 0 spiro atoms. The average Bonchev–Trinajstić information content (AvgIpc) is 2.06. The maximum absolute atomic E-state index is 13.4. The normalized spacial score (nSPS) is 11.5. The summed E-state index contributed by atoms with van der Waals surface area (Å²) < 4.78 is 18.5. The van der Waals surface area contributed by atoms with Gasteiger partial charge in [-0.1, -0.05) is 6.07 Å². The van der Waals surface area contributed by atoms with Crippen LogP contribution in [0, 0.1) is 5.82 Å². The van der Waals surface area contributed by atoms with Crippen LogP contribution in [0.15, 0.2) is 18.2 Å². The number of nitrogens with two attached hydrogens (primary N) is 1. The van der Waals surface area contributed by atoms with Crippen LogP contribution in [0.2, 0.25) is 0 Å². The number of hydrogen-bond acceptors (Lipinski definition) is 2. The number of ether oxygens (including phenoxy) is 1. The molecule has 0 amide bonds. The molecule has 2 nitrogen and oxygen atoms in total. The third-order valence-electron chi connectivity index (χ3n) is 1.93. The first-order valence-electron chi connectivity index (χ1n) is 4.54. The lowest BCUT2D eigenvalue weighted by molar-refractivity contribution is 0.395. The van der Waals surface area contributed by atoms with Crippen molar-refractivity contribution < 1.29 is 9.13 Å². The van der Waals surface area contributed by atoms with Crippen LogP contribution >= 0.6 is 0 Å². The van der Waals surface area contributed by atoms with Gasteiger partial charge >= 0.3 is 0 Å². The molecule has 0 aromatic heterocycles. The Hall–Kier alpha value is -1.09. The van der Waals surface area contributed by atoms with Crippen molar-refractivity contribution in [3.63, 3.8) is 0 Å². The molecule has 0 unspecified atom stereocenters. The topological polar surface area (TPSA) is 35.2 Å². The van der Waals surface area contributed by atoms with E-state index in [1.54, 1.807) is 12.1 Å². The van der Waals surface area contributed by atoms with Crippen LogP contribution in [0.1, 0.15) is 19.4 Å². The summed E-state index contributed by atoms with van der Waals surface area (Å²) in [5.41, 5.74) is 5.95. The second-order valence-corrected chi connectivity index (χ2v) is 4.09. The van der Waals surface area contributed by atoms with Crippen LogP contribution < -0.4 is 10.5 Å². The fraction of sp³-hybridized carbons (Fsp3) is 0.455. The molecule has 0 saturated carbocycles. The smallest absolute Gasteiger partial charge is 0.130 e. The first-order valence-corrected chi connectivity index (χ1v) is 4.54. The number of hydrogen-bond donors (Lipinski definition) is 1. The summed E-state index contributed by atoms with van der Waals surface area (Å²) in [7, 11) is 1.53. The number of halogens is 1. The van der Waals surface area contributed by atoms with Gasteiger partial charge < -0.3 is 10.5 Å². The summed E-state index contributed by atoms with van der Waals surface area (Å²) in [6.45, 7) is 3.72. The Bertz CT molecular complexity index is 318. The molecule has 0 saturated heterocycles. The molecule has 1 rings (SSSR count). The van der Waals surface area contributed by atoms with Crippen molar-refractivity contribution in [1.82, 2.24) is 0 Å². The molecule has 0 bridgehead atoms. The van der Waals surface area contributed by atoms with E-state index in [9.17, 15) is 4.39 Å². The molecule has 3 heteroatoms. The van der Waals surface area contributed by atoms with Gasteiger partial charge in [-0.15, -0.1) is 0 Å². The highest BCUT2D eigenvalue weighted by Gasteiger charge is 2.17. The van der Waals surface area contributed by atoms with E-state index in [0.717, 1.165) is 0 Å². The maximum atomic E-state index is 13.4. The van der Waals surface area contributed by atoms with Gasteiger partial charge in [-0.3, -0.25) is 0 Å². The molecule has 78 valence electrons. The zero-order valence-corrected chi connectivity index (χ0v) is 8.80. The Balaban J connectivity index is 3.05. The fourth-order valence-corrected chi connectivity index (χ4v) is 1.36. The summed E-state index contributed by atoms with van der Waals surface area (Å²) in [5.74, 6) is 0.298. The van der Waals surface area contributed by atoms with Gasteiger partial charge in [0.05, 0.1) is 7.11 Å². The Labute approximate surface area is 83.9 Å². The third-order valence-corrected chi connectivity index (χ3v) is 1.93. The molecule has 2 N–H and O–H groups in total.